The van der Waals surface area contributed by atoms with Crippen LogP contribution in [0.3, 0.4) is 0 Å². The smallest absolute Gasteiger partial charge is 0.321 e. The zero-order valence-corrected chi connectivity index (χ0v) is 18.1. The van der Waals surface area contributed by atoms with Gasteiger partial charge in [0.25, 0.3) is 5.91 Å². The molecule has 0 saturated heterocycles. The molecule has 2 bridgehead atoms. The van der Waals surface area contributed by atoms with E-state index in [0.717, 1.165) is 41.9 Å². The summed E-state index contributed by atoms with van der Waals surface area (Å²) in [5.74, 6) is -0.315. The van der Waals surface area contributed by atoms with Crippen LogP contribution in [0.1, 0.15) is 66.8 Å². The second-order valence-corrected chi connectivity index (χ2v) is 9.54. The quantitative estimate of drug-likeness (QED) is 0.519. The van der Waals surface area contributed by atoms with Crippen LogP contribution < -0.4 is 5.32 Å². The Hall–Kier alpha value is -3.09. The number of para-hydroxylation sites is 1. The molecule has 2 aliphatic rings. The Morgan fingerprint density at radius 1 is 1.09 bits per heavy atom. The maximum Gasteiger partial charge on any atom is 0.416 e. The van der Waals surface area contributed by atoms with Gasteiger partial charge in [-0.3, -0.25) is 4.79 Å². The first-order chi connectivity index (χ1) is 15.0. The van der Waals surface area contributed by atoms with Crippen molar-refractivity contribution in [2.24, 2.45) is 5.41 Å². The fraction of sp³-hybridized carbons (Fsp3) is 0.360. The molecule has 1 fully saturated rings. The number of hydrogen-bond acceptors (Lipinski definition) is 2. The van der Waals surface area contributed by atoms with Crippen molar-refractivity contribution in [3.8, 4) is 5.69 Å². The first kappa shape index (κ1) is 20.8. The Morgan fingerprint density at radius 2 is 1.81 bits per heavy atom. The predicted octanol–water partition coefficient (Wildman–Crippen LogP) is 6.32. The van der Waals surface area contributed by atoms with Gasteiger partial charge in [-0.05, 0) is 54.5 Å². The average Bonchev–Trinajstić information content (AvgIpc) is 3.30. The SMILES string of the molecule is CC1(C)[C@@H]2CC[C@]1(C)c1c2c(C(=O)Nc2cccc(C(F)(F)F)c2)nn1-c1ccccc1. The summed E-state index contributed by atoms with van der Waals surface area (Å²) in [5.41, 5.74) is 2.22. The molecule has 4 nitrogen and oxygen atoms in total. The molecule has 166 valence electrons. The summed E-state index contributed by atoms with van der Waals surface area (Å²) in [6, 6.07) is 14.3. The van der Waals surface area contributed by atoms with Gasteiger partial charge in [-0.1, -0.05) is 45.0 Å². The van der Waals surface area contributed by atoms with Crippen molar-refractivity contribution in [3.63, 3.8) is 0 Å². The van der Waals surface area contributed by atoms with Crippen molar-refractivity contribution in [2.45, 2.75) is 51.1 Å². The van der Waals surface area contributed by atoms with Crippen LogP contribution >= 0.6 is 0 Å². The van der Waals surface area contributed by atoms with Crippen LogP contribution in [-0.4, -0.2) is 15.7 Å². The van der Waals surface area contributed by atoms with E-state index in [1.54, 1.807) is 0 Å². The number of anilines is 1. The van der Waals surface area contributed by atoms with Crippen molar-refractivity contribution in [2.75, 3.05) is 5.32 Å². The highest BCUT2D eigenvalue weighted by Crippen LogP contribution is 2.68. The van der Waals surface area contributed by atoms with Crippen molar-refractivity contribution < 1.29 is 18.0 Å². The number of benzene rings is 2. The van der Waals surface area contributed by atoms with Gasteiger partial charge < -0.3 is 5.32 Å². The molecule has 1 heterocycles. The molecule has 2 atom stereocenters. The maximum atomic E-state index is 13.3. The molecular formula is C25H24F3N3O. The van der Waals surface area contributed by atoms with Crippen molar-refractivity contribution in [1.29, 1.82) is 0 Å². The summed E-state index contributed by atoms with van der Waals surface area (Å²) < 4.78 is 41.2. The maximum absolute atomic E-state index is 13.3. The zero-order chi connectivity index (χ0) is 22.9. The molecule has 1 aromatic heterocycles. The fourth-order valence-corrected chi connectivity index (χ4v) is 5.61. The van der Waals surface area contributed by atoms with Crippen molar-refractivity contribution >= 4 is 11.6 Å². The van der Waals surface area contributed by atoms with E-state index in [2.05, 4.69) is 26.1 Å². The van der Waals surface area contributed by atoms with Crippen LogP contribution in [0.4, 0.5) is 18.9 Å². The van der Waals surface area contributed by atoms with E-state index in [-0.39, 0.29) is 22.4 Å². The van der Waals surface area contributed by atoms with E-state index in [1.807, 2.05) is 35.0 Å². The molecule has 1 N–H and O–H groups in total. The van der Waals surface area contributed by atoms with Gasteiger partial charge in [-0.25, -0.2) is 4.68 Å². The third-order valence-electron chi connectivity index (χ3n) is 7.68. The summed E-state index contributed by atoms with van der Waals surface area (Å²) in [6.07, 6.45) is -2.51. The molecule has 7 heteroatoms. The van der Waals surface area contributed by atoms with Gasteiger partial charge >= 0.3 is 6.18 Å². The number of amides is 1. The number of alkyl halides is 3. The number of halogens is 3. The Morgan fingerprint density at radius 3 is 2.50 bits per heavy atom. The first-order valence-electron chi connectivity index (χ1n) is 10.7. The summed E-state index contributed by atoms with van der Waals surface area (Å²) in [6.45, 7) is 6.69. The molecule has 32 heavy (non-hydrogen) atoms. The average molecular weight is 439 g/mol. The Bertz CT molecular complexity index is 1210. The molecule has 3 aromatic rings. The van der Waals surface area contributed by atoms with Crippen molar-refractivity contribution in [1.82, 2.24) is 9.78 Å². The predicted molar refractivity (Wildman–Crippen MR) is 116 cm³/mol. The van der Waals surface area contributed by atoms with Gasteiger partial charge in [-0.15, -0.1) is 0 Å². The number of carbonyl (C=O) groups is 1. The van der Waals surface area contributed by atoms with Crippen LogP contribution in [0, 0.1) is 5.41 Å². The Kier molecular flexibility index (Phi) is 4.36. The minimum atomic E-state index is -4.48. The van der Waals surface area contributed by atoms with E-state index < -0.39 is 17.6 Å². The number of fused-ring (bicyclic) bond motifs is 5. The third-order valence-corrected chi connectivity index (χ3v) is 7.68. The van der Waals surface area contributed by atoms with Gasteiger partial charge in [0.05, 0.1) is 16.9 Å². The molecule has 2 aliphatic carbocycles. The lowest BCUT2D eigenvalue weighted by Gasteiger charge is -2.35. The monoisotopic (exact) mass is 439 g/mol. The highest BCUT2D eigenvalue weighted by molar-refractivity contribution is 6.04. The number of nitrogens with zero attached hydrogens (tertiary/aromatic N) is 2. The number of rotatable bonds is 3. The highest BCUT2D eigenvalue weighted by atomic mass is 19.4. The van der Waals surface area contributed by atoms with Crippen LogP contribution in [-0.2, 0) is 11.6 Å². The van der Waals surface area contributed by atoms with E-state index in [1.165, 1.54) is 12.1 Å². The Labute approximate surface area is 184 Å². The van der Waals surface area contributed by atoms with Gasteiger partial charge in [0, 0.05) is 16.7 Å². The molecular weight excluding hydrogens is 415 g/mol. The molecule has 0 unspecified atom stereocenters. The van der Waals surface area contributed by atoms with Crippen LogP contribution in [0.5, 0.6) is 0 Å². The van der Waals surface area contributed by atoms with E-state index in [9.17, 15) is 18.0 Å². The van der Waals surface area contributed by atoms with Gasteiger partial charge in [0.1, 0.15) is 0 Å². The number of nitrogens with one attached hydrogen (secondary N) is 1. The lowest BCUT2D eigenvalue weighted by molar-refractivity contribution is -0.137. The summed E-state index contributed by atoms with van der Waals surface area (Å²) in [5, 5.41) is 7.35. The normalized spacial score (nSPS) is 23.2. The molecule has 0 spiro atoms. The van der Waals surface area contributed by atoms with Gasteiger partial charge in [0.2, 0.25) is 0 Å². The molecule has 2 aromatic carbocycles. The minimum Gasteiger partial charge on any atom is -0.321 e. The van der Waals surface area contributed by atoms with Crippen LogP contribution in [0.2, 0.25) is 0 Å². The van der Waals surface area contributed by atoms with Crippen LogP contribution in [0.25, 0.3) is 5.69 Å². The summed E-state index contributed by atoms with van der Waals surface area (Å²) in [4.78, 5) is 13.3. The molecule has 1 amide bonds. The summed E-state index contributed by atoms with van der Waals surface area (Å²) in [7, 11) is 0. The van der Waals surface area contributed by atoms with Gasteiger partial charge in [0.15, 0.2) is 5.69 Å². The fourth-order valence-electron chi connectivity index (χ4n) is 5.61. The lowest BCUT2D eigenvalue weighted by atomic mass is 9.70. The van der Waals surface area contributed by atoms with Gasteiger partial charge in [-0.2, -0.15) is 18.3 Å². The van der Waals surface area contributed by atoms with E-state index in [4.69, 9.17) is 5.10 Å². The summed E-state index contributed by atoms with van der Waals surface area (Å²) >= 11 is 0. The molecule has 5 rings (SSSR count). The second-order valence-electron chi connectivity index (χ2n) is 9.54. The topological polar surface area (TPSA) is 46.9 Å². The molecule has 0 radical (unpaired) electrons. The third kappa shape index (κ3) is 2.83. The highest BCUT2D eigenvalue weighted by Gasteiger charge is 2.63. The van der Waals surface area contributed by atoms with E-state index >= 15 is 0 Å². The molecule has 1 saturated carbocycles. The standard InChI is InChI=1S/C25H24F3N3O/c1-23(2)18-12-13-24(23,3)21-19(18)20(30-31(21)17-10-5-4-6-11-17)22(32)29-16-9-7-8-15(14-16)25(26,27)28/h4-11,14,18H,12-13H2,1-3H3,(H,29,32)/t18-,24-/m1/s1. The van der Waals surface area contributed by atoms with E-state index in [0.29, 0.717) is 5.69 Å². The van der Waals surface area contributed by atoms with Crippen molar-refractivity contribution in [3.05, 3.63) is 77.1 Å². The lowest BCUT2D eigenvalue weighted by Crippen LogP contribution is -2.33. The Balaban J connectivity index is 1.61. The minimum absolute atomic E-state index is 0.0532. The first-order valence-corrected chi connectivity index (χ1v) is 10.7. The van der Waals surface area contributed by atoms with Crippen LogP contribution in [0.15, 0.2) is 54.6 Å². The number of aromatic nitrogens is 2. The zero-order valence-electron chi connectivity index (χ0n) is 18.1. The number of hydrogen-bond donors (Lipinski definition) is 1. The largest absolute Gasteiger partial charge is 0.416 e. The molecule has 0 aliphatic heterocycles. The second kappa shape index (κ2) is 6.70. The number of carbonyl (C=O) groups excluding carboxylic acids is 1.